The van der Waals surface area contributed by atoms with Gasteiger partial charge in [-0.1, -0.05) is 13.8 Å². The number of aromatic nitrogens is 1. The number of rotatable bonds is 8. The first kappa shape index (κ1) is 44.7. The smallest absolute Gasteiger partial charge is 0.341 e. The summed E-state index contributed by atoms with van der Waals surface area (Å²) < 4.78 is 60.1. The first-order chi connectivity index (χ1) is 28.5. The van der Waals surface area contributed by atoms with Crippen LogP contribution in [0.1, 0.15) is 94.5 Å². The lowest BCUT2D eigenvalue weighted by Crippen LogP contribution is -2.89. The van der Waals surface area contributed by atoms with Crippen molar-refractivity contribution in [3.05, 3.63) is 53.7 Å². The number of carbonyl (C=O) groups excluding carboxylic acids is 8. The van der Waals surface area contributed by atoms with Gasteiger partial charge in [0, 0.05) is 47.0 Å². The van der Waals surface area contributed by atoms with Crippen LogP contribution in [-0.4, -0.2) is 124 Å². The van der Waals surface area contributed by atoms with Gasteiger partial charge in [-0.25, -0.2) is 9.59 Å². The van der Waals surface area contributed by atoms with Gasteiger partial charge in [-0.05, 0) is 37.5 Å². The summed E-state index contributed by atoms with van der Waals surface area (Å²) in [6.07, 6.45) is -7.40. The second kappa shape index (κ2) is 16.2. The van der Waals surface area contributed by atoms with Crippen molar-refractivity contribution in [1.82, 2.24) is 4.98 Å². The van der Waals surface area contributed by atoms with E-state index in [4.69, 9.17) is 47.0 Å². The fraction of sp³-hybridized carbons (Fsp3) is 0.585. The number of aliphatic hydroxyl groups is 1. The van der Waals surface area contributed by atoms with Crippen LogP contribution in [0.15, 0.2) is 41.5 Å². The van der Waals surface area contributed by atoms with E-state index in [2.05, 4.69) is 4.98 Å². The molecule has 2 aromatic heterocycles. The van der Waals surface area contributed by atoms with Gasteiger partial charge < -0.3 is 52.2 Å². The molecule has 4 aliphatic rings. The molecule has 2 unspecified atom stereocenters. The van der Waals surface area contributed by atoms with Crippen LogP contribution in [0.4, 0.5) is 0 Å². The van der Waals surface area contributed by atoms with Crippen LogP contribution in [-0.2, 0) is 71.4 Å². The molecule has 1 saturated heterocycles. The summed E-state index contributed by atoms with van der Waals surface area (Å²) in [5.74, 6) is -11.9. The number of cyclic esters (lactones) is 1. The van der Waals surface area contributed by atoms with Crippen LogP contribution in [0.3, 0.4) is 0 Å². The Morgan fingerprint density at radius 3 is 1.95 bits per heavy atom. The highest BCUT2D eigenvalue weighted by Gasteiger charge is 2.92. The molecular formula is C41H47NO19. The van der Waals surface area contributed by atoms with Gasteiger partial charge in [0.25, 0.3) is 0 Å². The van der Waals surface area contributed by atoms with E-state index in [1.165, 1.54) is 38.4 Å². The second-order valence-electron chi connectivity index (χ2n) is 16.2. The van der Waals surface area contributed by atoms with Crippen molar-refractivity contribution in [1.29, 1.82) is 0 Å². The number of furan rings is 1. The van der Waals surface area contributed by atoms with E-state index in [9.17, 15) is 43.5 Å². The average molecular weight is 858 g/mol. The van der Waals surface area contributed by atoms with E-state index in [0.29, 0.717) is 5.56 Å². The number of hydrogen-bond donors (Lipinski definition) is 1. The first-order valence-corrected chi connectivity index (χ1v) is 19.3. The Kier molecular flexibility index (Phi) is 11.8. The molecular weight excluding hydrogens is 810 g/mol. The number of nitrogens with zero attached hydrogens (tertiary/aromatic N) is 1. The third-order valence-corrected chi connectivity index (χ3v) is 12.2. The first-order valence-electron chi connectivity index (χ1n) is 19.3. The molecule has 13 atom stereocenters. The highest BCUT2D eigenvalue weighted by molar-refractivity contribution is 5.91. The Morgan fingerprint density at radius 2 is 1.38 bits per heavy atom. The lowest BCUT2D eigenvalue weighted by molar-refractivity contribution is -0.386. The Morgan fingerprint density at radius 1 is 0.803 bits per heavy atom. The molecule has 4 bridgehead atoms. The summed E-state index contributed by atoms with van der Waals surface area (Å²) >= 11 is 0. The van der Waals surface area contributed by atoms with Gasteiger partial charge in [0.05, 0.1) is 29.2 Å². The minimum Gasteiger partial charge on any atom is -0.472 e. The van der Waals surface area contributed by atoms with E-state index in [-0.39, 0.29) is 11.1 Å². The van der Waals surface area contributed by atoms with Crippen LogP contribution in [0.5, 0.6) is 0 Å². The number of hydrogen-bond acceptors (Lipinski definition) is 20. The molecule has 4 heterocycles. The fourth-order valence-corrected chi connectivity index (χ4v) is 9.73. The van der Waals surface area contributed by atoms with Gasteiger partial charge in [-0.15, -0.1) is 0 Å². The predicted octanol–water partition coefficient (Wildman–Crippen LogP) is 1.92. The molecule has 3 fully saturated rings. The van der Waals surface area contributed by atoms with Crippen LogP contribution >= 0.6 is 0 Å². The Bertz CT molecular complexity index is 2120. The highest BCUT2D eigenvalue weighted by Crippen LogP contribution is 2.70. The molecule has 1 N–H and O–H groups in total. The zero-order valence-corrected chi connectivity index (χ0v) is 34.8. The average Bonchev–Trinajstić information content (AvgIpc) is 3.79. The summed E-state index contributed by atoms with van der Waals surface area (Å²) in [5, 5.41) is 13.6. The zero-order valence-electron chi connectivity index (χ0n) is 34.8. The van der Waals surface area contributed by atoms with Gasteiger partial charge in [-0.2, -0.15) is 0 Å². The largest absolute Gasteiger partial charge is 0.472 e. The second-order valence-corrected chi connectivity index (χ2v) is 16.2. The minimum atomic E-state index is -2.86. The molecule has 2 aromatic rings. The number of ether oxygens (including phenoxy) is 9. The maximum atomic E-state index is 14.5. The van der Waals surface area contributed by atoms with E-state index in [1.54, 1.807) is 6.92 Å². The molecule has 0 aromatic carbocycles. The highest BCUT2D eigenvalue weighted by atomic mass is 16.7. The number of pyridine rings is 1. The molecule has 330 valence electrons. The third kappa shape index (κ3) is 7.28. The predicted molar refractivity (Wildman–Crippen MR) is 198 cm³/mol. The molecule has 2 saturated carbocycles. The van der Waals surface area contributed by atoms with Gasteiger partial charge in [0.15, 0.2) is 30.0 Å². The lowest BCUT2D eigenvalue weighted by atomic mass is 9.45. The van der Waals surface area contributed by atoms with Crippen molar-refractivity contribution < 1.29 is 90.5 Å². The summed E-state index contributed by atoms with van der Waals surface area (Å²) in [6, 6.07) is 2.74. The molecule has 2 aliphatic carbocycles. The number of esters is 8. The van der Waals surface area contributed by atoms with E-state index in [1.807, 2.05) is 0 Å². The van der Waals surface area contributed by atoms with Crippen molar-refractivity contribution >= 4 is 47.8 Å². The summed E-state index contributed by atoms with van der Waals surface area (Å²) in [7, 11) is 0. The van der Waals surface area contributed by atoms with Gasteiger partial charge in [-0.3, -0.25) is 33.8 Å². The van der Waals surface area contributed by atoms with E-state index >= 15 is 0 Å². The van der Waals surface area contributed by atoms with Crippen LogP contribution in [0.25, 0.3) is 0 Å². The Labute approximate surface area is 348 Å². The Hall–Kier alpha value is -5.89. The molecule has 1 spiro atoms. The fourth-order valence-electron chi connectivity index (χ4n) is 9.73. The van der Waals surface area contributed by atoms with E-state index < -0.39 is 138 Å². The van der Waals surface area contributed by atoms with Crippen molar-refractivity contribution in [3.63, 3.8) is 0 Å². The standard InChI is InChI=1S/C41H47NO19/c1-18-19(2)35(48)60-32-30(56-21(4)44)34(59-24(7)47)40(17-54-36(49)25-11-13-52-15-25)33(58-23(6)46)29(55-20(3)43)28-31(57-22(5)45)41(40,39(32,9)51)61-38(28,8)16-53-37(50)27-14-42-12-10-26(18)27/h10-15,18-19,28-34,51H,16-17H2,1-9H3/t18?,19?,28-,29+,30+,31-,32+,33-,34+,38+,39+,40-,41+/m1/s1. The lowest BCUT2D eigenvalue weighted by Gasteiger charge is -2.67. The molecule has 2 aliphatic heterocycles. The quantitative estimate of drug-likeness (QED) is 0.293. The molecule has 20 nitrogen and oxygen atoms in total. The molecule has 61 heavy (non-hydrogen) atoms. The van der Waals surface area contributed by atoms with E-state index in [0.717, 1.165) is 54.1 Å². The maximum Gasteiger partial charge on any atom is 0.341 e. The maximum absolute atomic E-state index is 14.5. The van der Waals surface area contributed by atoms with Crippen molar-refractivity contribution in [2.75, 3.05) is 13.2 Å². The molecule has 20 heteroatoms. The monoisotopic (exact) mass is 857 g/mol. The van der Waals surface area contributed by atoms with Crippen molar-refractivity contribution in [3.8, 4) is 0 Å². The Balaban J connectivity index is 1.79. The molecule has 0 radical (unpaired) electrons. The van der Waals surface area contributed by atoms with Gasteiger partial charge >= 0.3 is 47.8 Å². The van der Waals surface area contributed by atoms with Crippen molar-refractivity contribution in [2.45, 2.75) is 122 Å². The SMILES string of the molecule is CC(=O)O[C@@H]1[C@H](OC(C)=O)[C@@]2(COC(=O)c3ccoc3)[C@H](OC(C)=O)[C@@H](OC(C)=O)[C@@H]3[C@@H](OC(C)=O)[C@@]24O[C@@]3(C)COC(=O)c2cnccc2C(C)C(C)C(=O)O[C@@H]1[C@]4(C)O. The number of carbonyl (C=O) groups is 8. The topological polar surface area (TPSA) is 266 Å². The van der Waals surface area contributed by atoms with Crippen LogP contribution in [0, 0.1) is 17.3 Å². The number of fused-ring (bicyclic) bond motifs is 5. The van der Waals surface area contributed by atoms with Crippen LogP contribution < -0.4 is 0 Å². The summed E-state index contributed by atoms with van der Waals surface area (Å²) in [4.78, 5) is 113. The summed E-state index contributed by atoms with van der Waals surface area (Å²) in [5.41, 5.74) is -10.3. The van der Waals surface area contributed by atoms with Gasteiger partial charge in [0.2, 0.25) is 0 Å². The molecule has 0 amide bonds. The zero-order chi connectivity index (χ0) is 45.0. The minimum absolute atomic E-state index is 0.0549. The van der Waals surface area contributed by atoms with Crippen molar-refractivity contribution in [2.24, 2.45) is 17.3 Å². The molecule has 6 rings (SSSR count). The van der Waals surface area contributed by atoms with Gasteiger partial charge in [0.1, 0.15) is 48.3 Å². The summed E-state index contributed by atoms with van der Waals surface area (Å²) in [6.45, 7) is 8.55. The normalized spacial score (nSPS) is 36.5. The van der Waals surface area contributed by atoms with Crippen LogP contribution in [0.2, 0.25) is 0 Å². The third-order valence-electron chi connectivity index (χ3n) is 12.2.